The molecule has 2 rings (SSSR count). The van der Waals surface area contributed by atoms with E-state index >= 15 is 0 Å². The predicted molar refractivity (Wildman–Crippen MR) is 74.0 cm³/mol. The Morgan fingerprint density at radius 3 is 2.68 bits per heavy atom. The lowest BCUT2D eigenvalue weighted by molar-refractivity contribution is -0.119. The Labute approximate surface area is 112 Å². The zero-order valence-electron chi connectivity index (χ0n) is 11.1. The Morgan fingerprint density at radius 2 is 2.11 bits per heavy atom. The summed E-state index contributed by atoms with van der Waals surface area (Å²) in [5.74, 6) is -0.0121. The van der Waals surface area contributed by atoms with Crippen molar-refractivity contribution in [2.24, 2.45) is 0 Å². The first-order valence-electron chi connectivity index (χ1n) is 6.23. The molecule has 0 fully saturated rings. The summed E-state index contributed by atoms with van der Waals surface area (Å²) in [7, 11) is 1.63. The third kappa shape index (κ3) is 3.42. The van der Waals surface area contributed by atoms with Gasteiger partial charge >= 0.3 is 0 Å². The van der Waals surface area contributed by atoms with Gasteiger partial charge in [-0.25, -0.2) is 4.98 Å². The first-order valence-corrected chi connectivity index (χ1v) is 6.23. The molecular formula is C14H18N4O. The maximum atomic E-state index is 11.2. The van der Waals surface area contributed by atoms with Crippen molar-refractivity contribution in [3.8, 4) is 5.69 Å². The van der Waals surface area contributed by atoms with Crippen molar-refractivity contribution in [1.29, 1.82) is 0 Å². The number of imidazole rings is 1. The topological polar surface area (TPSA) is 59.0 Å². The number of likely N-dealkylation sites (N-methyl/N-ethyl adjacent to an activating group) is 1. The number of hydrogen-bond donors (Lipinski definition) is 2. The van der Waals surface area contributed by atoms with Crippen molar-refractivity contribution in [3.05, 3.63) is 48.5 Å². The Kier molecular flexibility index (Phi) is 4.30. The zero-order chi connectivity index (χ0) is 13.7. The number of rotatable bonds is 5. The van der Waals surface area contributed by atoms with Crippen molar-refractivity contribution in [1.82, 2.24) is 20.2 Å². The van der Waals surface area contributed by atoms with E-state index in [-0.39, 0.29) is 11.9 Å². The van der Waals surface area contributed by atoms with E-state index in [1.807, 2.05) is 29.8 Å². The third-order valence-electron chi connectivity index (χ3n) is 3.04. The monoisotopic (exact) mass is 258 g/mol. The van der Waals surface area contributed by atoms with Crippen LogP contribution in [0.15, 0.2) is 43.0 Å². The first-order chi connectivity index (χ1) is 9.20. The Balaban J connectivity index is 2.00. The summed E-state index contributed by atoms with van der Waals surface area (Å²) >= 11 is 0. The second-order valence-corrected chi connectivity index (χ2v) is 4.34. The second-order valence-electron chi connectivity index (χ2n) is 4.34. The summed E-state index contributed by atoms with van der Waals surface area (Å²) in [5, 5.41) is 5.76. The number of nitrogens with one attached hydrogen (secondary N) is 2. The van der Waals surface area contributed by atoms with Crippen LogP contribution >= 0.6 is 0 Å². The molecule has 0 radical (unpaired) electrons. The molecular weight excluding hydrogens is 240 g/mol. The van der Waals surface area contributed by atoms with Crippen LogP contribution in [0.1, 0.15) is 18.5 Å². The van der Waals surface area contributed by atoms with Gasteiger partial charge < -0.3 is 15.2 Å². The fourth-order valence-electron chi connectivity index (χ4n) is 1.80. The number of nitrogens with zero attached hydrogens (tertiary/aromatic N) is 2. The van der Waals surface area contributed by atoms with Crippen LogP contribution in [0.3, 0.4) is 0 Å². The molecule has 0 aliphatic rings. The van der Waals surface area contributed by atoms with Crippen LogP contribution in [-0.4, -0.2) is 29.1 Å². The lowest BCUT2D eigenvalue weighted by Gasteiger charge is -2.14. The number of benzene rings is 1. The summed E-state index contributed by atoms with van der Waals surface area (Å²) < 4.78 is 1.95. The SMILES string of the molecule is CNC(=O)CNC(C)c1ccc(-n2ccnc2)cc1. The molecule has 5 nitrogen and oxygen atoms in total. The van der Waals surface area contributed by atoms with Crippen molar-refractivity contribution < 1.29 is 4.79 Å². The van der Waals surface area contributed by atoms with Crippen molar-refractivity contribution >= 4 is 5.91 Å². The summed E-state index contributed by atoms with van der Waals surface area (Å²) in [6, 6.07) is 8.31. The fourth-order valence-corrected chi connectivity index (χ4v) is 1.80. The molecule has 19 heavy (non-hydrogen) atoms. The van der Waals surface area contributed by atoms with Crippen LogP contribution in [0.5, 0.6) is 0 Å². The molecule has 100 valence electrons. The lowest BCUT2D eigenvalue weighted by atomic mass is 10.1. The molecule has 1 heterocycles. The van der Waals surface area contributed by atoms with Crippen LogP contribution in [0.2, 0.25) is 0 Å². The highest BCUT2D eigenvalue weighted by Gasteiger charge is 2.06. The van der Waals surface area contributed by atoms with Gasteiger partial charge in [0.1, 0.15) is 0 Å². The van der Waals surface area contributed by atoms with E-state index in [1.54, 1.807) is 19.6 Å². The van der Waals surface area contributed by atoms with E-state index in [0.29, 0.717) is 6.54 Å². The van der Waals surface area contributed by atoms with E-state index < -0.39 is 0 Å². The van der Waals surface area contributed by atoms with Gasteiger partial charge in [0.05, 0.1) is 12.9 Å². The third-order valence-corrected chi connectivity index (χ3v) is 3.04. The van der Waals surface area contributed by atoms with Gasteiger partial charge in [0.2, 0.25) is 5.91 Å². The van der Waals surface area contributed by atoms with E-state index in [0.717, 1.165) is 11.3 Å². The molecule has 0 spiro atoms. The molecule has 0 bridgehead atoms. The number of carbonyl (C=O) groups excluding carboxylic acids is 1. The minimum absolute atomic E-state index is 0.0121. The van der Waals surface area contributed by atoms with Gasteiger partial charge in [-0.1, -0.05) is 12.1 Å². The summed E-state index contributed by atoms with van der Waals surface area (Å²) in [4.78, 5) is 15.2. The highest BCUT2D eigenvalue weighted by Crippen LogP contribution is 2.15. The molecule has 0 saturated carbocycles. The van der Waals surface area contributed by atoms with Crippen LogP contribution < -0.4 is 10.6 Å². The van der Waals surface area contributed by atoms with Crippen LogP contribution in [0, 0.1) is 0 Å². The Bertz CT molecular complexity index is 519. The largest absolute Gasteiger partial charge is 0.358 e. The molecule has 0 saturated heterocycles. The van der Waals surface area contributed by atoms with E-state index in [4.69, 9.17) is 0 Å². The highest BCUT2D eigenvalue weighted by atomic mass is 16.1. The number of amides is 1. The quantitative estimate of drug-likeness (QED) is 0.849. The summed E-state index contributed by atoms with van der Waals surface area (Å²) in [6.45, 7) is 2.36. The molecule has 1 aromatic carbocycles. The lowest BCUT2D eigenvalue weighted by Crippen LogP contribution is -2.32. The molecule has 2 aromatic rings. The summed E-state index contributed by atoms with van der Waals surface area (Å²) in [6.07, 6.45) is 5.42. The predicted octanol–water partition coefficient (Wildman–Crippen LogP) is 1.27. The normalized spacial score (nSPS) is 12.1. The standard InChI is InChI=1S/C14H18N4O/c1-11(17-9-14(19)15-2)12-3-5-13(6-4-12)18-8-7-16-10-18/h3-8,10-11,17H,9H2,1-2H3,(H,15,19). The van der Waals surface area contributed by atoms with E-state index in [1.165, 1.54) is 0 Å². The van der Waals surface area contributed by atoms with Gasteiger partial charge in [0.15, 0.2) is 0 Å². The molecule has 5 heteroatoms. The van der Waals surface area contributed by atoms with Crippen LogP contribution in [0.4, 0.5) is 0 Å². The van der Waals surface area contributed by atoms with Gasteiger partial charge in [0, 0.05) is 31.2 Å². The molecule has 0 aliphatic carbocycles. The second kappa shape index (κ2) is 6.15. The highest BCUT2D eigenvalue weighted by molar-refractivity contribution is 5.77. The smallest absolute Gasteiger partial charge is 0.233 e. The molecule has 1 amide bonds. The molecule has 1 aromatic heterocycles. The minimum atomic E-state index is -0.0121. The minimum Gasteiger partial charge on any atom is -0.358 e. The van der Waals surface area contributed by atoms with Crippen molar-refractivity contribution in [2.45, 2.75) is 13.0 Å². The van der Waals surface area contributed by atoms with E-state index in [9.17, 15) is 4.79 Å². The average molecular weight is 258 g/mol. The van der Waals surface area contributed by atoms with Gasteiger partial charge in [0.25, 0.3) is 0 Å². The molecule has 1 unspecified atom stereocenters. The van der Waals surface area contributed by atoms with Crippen LogP contribution in [-0.2, 0) is 4.79 Å². The average Bonchev–Trinajstić information content (AvgIpc) is 2.98. The first kappa shape index (κ1) is 13.3. The fraction of sp³-hybridized carbons (Fsp3) is 0.286. The van der Waals surface area contributed by atoms with Crippen molar-refractivity contribution in [3.63, 3.8) is 0 Å². The van der Waals surface area contributed by atoms with Crippen molar-refractivity contribution in [2.75, 3.05) is 13.6 Å². The Morgan fingerprint density at radius 1 is 1.37 bits per heavy atom. The molecule has 1 atom stereocenters. The summed E-state index contributed by atoms with van der Waals surface area (Å²) in [5.41, 5.74) is 2.22. The van der Waals surface area contributed by atoms with Gasteiger partial charge in [-0.2, -0.15) is 0 Å². The number of carbonyl (C=O) groups is 1. The molecule has 0 aliphatic heterocycles. The van der Waals surface area contributed by atoms with Crippen LogP contribution in [0.25, 0.3) is 5.69 Å². The number of hydrogen-bond acceptors (Lipinski definition) is 3. The number of aromatic nitrogens is 2. The zero-order valence-corrected chi connectivity index (χ0v) is 11.1. The van der Waals surface area contributed by atoms with Gasteiger partial charge in [-0.05, 0) is 24.6 Å². The van der Waals surface area contributed by atoms with E-state index in [2.05, 4.69) is 27.8 Å². The van der Waals surface area contributed by atoms with Gasteiger partial charge in [-0.15, -0.1) is 0 Å². The van der Waals surface area contributed by atoms with Gasteiger partial charge in [-0.3, -0.25) is 4.79 Å². The maximum Gasteiger partial charge on any atom is 0.233 e. The molecule has 2 N–H and O–H groups in total. The Hall–Kier alpha value is -2.14. The maximum absolute atomic E-state index is 11.2.